The van der Waals surface area contributed by atoms with E-state index in [4.69, 9.17) is 17.4 Å². The average molecular weight is 335 g/mol. The van der Waals surface area contributed by atoms with Gasteiger partial charge < -0.3 is 0 Å². The Morgan fingerprint density at radius 2 is 2.28 bits per heavy atom. The highest BCUT2D eigenvalue weighted by atomic mass is 79.9. The van der Waals surface area contributed by atoms with E-state index in [0.29, 0.717) is 20.9 Å². The smallest absolute Gasteiger partial charge is 0.153 e. The number of hydrogen-bond donors (Lipinski definition) is 2. The van der Waals surface area contributed by atoms with Crippen molar-refractivity contribution in [2.45, 2.75) is 6.04 Å². The summed E-state index contributed by atoms with van der Waals surface area (Å²) in [4.78, 5) is 0. The number of nitrogens with two attached hydrogens (primary N) is 1. The molecule has 1 aromatic carbocycles. The summed E-state index contributed by atoms with van der Waals surface area (Å²) >= 11 is 8.98. The van der Waals surface area contributed by atoms with Crippen LogP contribution in [-0.2, 0) is 7.05 Å². The van der Waals surface area contributed by atoms with Crippen LogP contribution in [0.3, 0.4) is 0 Å². The molecule has 0 saturated carbocycles. The molecule has 0 amide bonds. The fourth-order valence-electron chi connectivity index (χ4n) is 1.70. The lowest BCUT2D eigenvalue weighted by Gasteiger charge is -2.17. The van der Waals surface area contributed by atoms with Crippen molar-refractivity contribution in [3.05, 3.63) is 44.9 Å². The first-order valence-electron chi connectivity index (χ1n) is 5.00. The standard InChI is InChI=1S/C10H10BrClFN5/c1-18-9(10(11)16-17-18)8(15-14)6-3-2-5(12)4-7(6)13/h2-4,8,15H,14H2,1H3. The number of nitrogens with zero attached hydrogens (tertiary/aromatic N) is 3. The van der Waals surface area contributed by atoms with E-state index in [-0.39, 0.29) is 0 Å². The second kappa shape index (κ2) is 5.31. The van der Waals surface area contributed by atoms with Crippen LogP contribution in [0.5, 0.6) is 0 Å². The number of hydrogen-bond acceptors (Lipinski definition) is 4. The Labute approximate surface area is 116 Å². The maximum Gasteiger partial charge on any atom is 0.153 e. The van der Waals surface area contributed by atoms with E-state index in [1.165, 1.54) is 10.7 Å². The number of halogens is 3. The van der Waals surface area contributed by atoms with Gasteiger partial charge in [0.25, 0.3) is 0 Å². The Kier molecular flexibility index (Phi) is 3.96. The number of hydrazine groups is 1. The van der Waals surface area contributed by atoms with Crippen molar-refractivity contribution in [1.29, 1.82) is 0 Å². The lowest BCUT2D eigenvalue weighted by molar-refractivity contribution is 0.530. The van der Waals surface area contributed by atoms with Gasteiger partial charge in [-0.05, 0) is 28.1 Å². The minimum absolute atomic E-state index is 0.328. The Morgan fingerprint density at radius 1 is 1.56 bits per heavy atom. The van der Waals surface area contributed by atoms with Crippen molar-refractivity contribution >= 4 is 27.5 Å². The van der Waals surface area contributed by atoms with Crippen LogP contribution in [0.2, 0.25) is 5.02 Å². The molecule has 96 valence electrons. The van der Waals surface area contributed by atoms with Gasteiger partial charge in [0.2, 0.25) is 0 Å². The fraction of sp³-hybridized carbons (Fsp3) is 0.200. The third kappa shape index (κ3) is 2.39. The molecule has 1 heterocycles. The van der Waals surface area contributed by atoms with Gasteiger partial charge in [-0.1, -0.05) is 22.9 Å². The van der Waals surface area contributed by atoms with E-state index < -0.39 is 11.9 Å². The first kappa shape index (κ1) is 13.4. The first-order chi connectivity index (χ1) is 8.54. The van der Waals surface area contributed by atoms with Gasteiger partial charge >= 0.3 is 0 Å². The Balaban J connectivity index is 2.52. The highest BCUT2D eigenvalue weighted by molar-refractivity contribution is 9.10. The van der Waals surface area contributed by atoms with Crippen molar-refractivity contribution in [1.82, 2.24) is 20.4 Å². The van der Waals surface area contributed by atoms with Crippen LogP contribution in [0.1, 0.15) is 17.3 Å². The molecule has 0 saturated heterocycles. The average Bonchev–Trinajstić information content (AvgIpc) is 2.64. The van der Waals surface area contributed by atoms with Crippen molar-refractivity contribution in [3.63, 3.8) is 0 Å². The maximum absolute atomic E-state index is 13.9. The molecule has 3 N–H and O–H groups in total. The van der Waals surface area contributed by atoms with E-state index in [1.807, 2.05) is 0 Å². The molecule has 0 radical (unpaired) electrons. The molecule has 0 bridgehead atoms. The molecule has 5 nitrogen and oxygen atoms in total. The molecule has 2 rings (SSSR count). The van der Waals surface area contributed by atoms with Crippen molar-refractivity contribution in [3.8, 4) is 0 Å². The second-order valence-electron chi connectivity index (χ2n) is 3.65. The molecule has 0 fully saturated rings. The van der Waals surface area contributed by atoms with Gasteiger partial charge in [0.1, 0.15) is 5.82 Å². The summed E-state index contributed by atoms with van der Waals surface area (Å²) in [6, 6.07) is 3.83. The first-order valence-corrected chi connectivity index (χ1v) is 6.18. The summed E-state index contributed by atoms with van der Waals surface area (Å²) in [7, 11) is 1.70. The van der Waals surface area contributed by atoms with Crippen molar-refractivity contribution in [2.24, 2.45) is 12.9 Å². The van der Waals surface area contributed by atoms with Gasteiger partial charge in [-0.25, -0.2) is 14.5 Å². The zero-order chi connectivity index (χ0) is 13.3. The quantitative estimate of drug-likeness (QED) is 0.665. The number of nitrogens with one attached hydrogen (secondary N) is 1. The molecule has 1 unspecified atom stereocenters. The molecule has 0 aliphatic heterocycles. The third-order valence-electron chi connectivity index (χ3n) is 2.54. The van der Waals surface area contributed by atoms with Gasteiger partial charge in [0.15, 0.2) is 4.60 Å². The van der Waals surface area contributed by atoms with Gasteiger partial charge in [-0.15, -0.1) is 5.10 Å². The minimum Gasteiger partial charge on any atom is -0.271 e. The predicted octanol–water partition coefficient (Wildman–Crippen LogP) is 1.92. The Bertz CT molecular complexity index is 554. The molecular formula is C10H10BrClFN5. The predicted molar refractivity (Wildman–Crippen MR) is 69.3 cm³/mol. The highest BCUT2D eigenvalue weighted by Gasteiger charge is 2.23. The van der Waals surface area contributed by atoms with E-state index in [1.54, 1.807) is 19.2 Å². The van der Waals surface area contributed by atoms with Crippen molar-refractivity contribution < 1.29 is 4.39 Å². The molecule has 0 aliphatic rings. The summed E-state index contributed by atoms with van der Waals surface area (Å²) in [6.45, 7) is 0. The lowest BCUT2D eigenvalue weighted by Crippen LogP contribution is -2.31. The van der Waals surface area contributed by atoms with Gasteiger partial charge in [0.05, 0.1) is 11.7 Å². The van der Waals surface area contributed by atoms with Gasteiger partial charge in [-0.3, -0.25) is 5.84 Å². The van der Waals surface area contributed by atoms with E-state index in [2.05, 4.69) is 31.7 Å². The summed E-state index contributed by atoms with van der Waals surface area (Å²) in [5, 5.41) is 8.00. The fourth-order valence-corrected chi connectivity index (χ4v) is 2.41. The van der Waals surface area contributed by atoms with Crippen LogP contribution in [0, 0.1) is 5.82 Å². The van der Waals surface area contributed by atoms with E-state index >= 15 is 0 Å². The molecule has 8 heteroatoms. The zero-order valence-electron chi connectivity index (χ0n) is 9.36. The van der Waals surface area contributed by atoms with Crippen LogP contribution >= 0.6 is 27.5 Å². The van der Waals surface area contributed by atoms with E-state index in [9.17, 15) is 4.39 Å². The molecule has 1 aromatic heterocycles. The summed E-state index contributed by atoms with van der Waals surface area (Å²) < 4.78 is 15.9. The van der Waals surface area contributed by atoms with Crippen LogP contribution in [-0.4, -0.2) is 15.0 Å². The molecule has 1 atom stereocenters. The normalized spacial score (nSPS) is 12.7. The molecule has 0 aliphatic carbocycles. The summed E-state index contributed by atoms with van der Waals surface area (Å²) in [5.41, 5.74) is 3.54. The number of benzene rings is 1. The Morgan fingerprint density at radius 3 is 2.78 bits per heavy atom. The molecule has 0 spiro atoms. The van der Waals surface area contributed by atoms with Crippen LogP contribution in [0.15, 0.2) is 22.8 Å². The monoisotopic (exact) mass is 333 g/mol. The highest BCUT2D eigenvalue weighted by Crippen LogP contribution is 2.28. The zero-order valence-corrected chi connectivity index (χ0v) is 11.7. The topological polar surface area (TPSA) is 68.8 Å². The summed E-state index contributed by atoms with van der Waals surface area (Å²) in [6.07, 6.45) is 0. The summed E-state index contributed by atoms with van der Waals surface area (Å²) in [5.74, 6) is 5.06. The molecule has 18 heavy (non-hydrogen) atoms. The third-order valence-corrected chi connectivity index (χ3v) is 3.34. The Hall–Kier alpha value is -1.02. The minimum atomic E-state index is -0.573. The molecule has 2 aromatic rings. The van der Waals surface area contributed by atoms with Crippen LogP contribution in [0.4, 0.5) is 4.39 Å². The number of aromatic nitrogens is 3. The van der Waals surface area contributed by atoms with Gasteiger partial charge in [0, 0.05) is 17.6 Å². The SMILES string of the molecule is Cn1nnc(Br)c1C(NN)c1ccc(Cl)cc1F. The van der Waals surface area contributed by atoms with Crippen LogP contribution < -0.4 is 11.3 Å². The number of aryl methyl sites for hydroxylation is 1. The number of rotatable bonds is 3. The van der Waals surface area contributed by atoms with Crippen molar-refractivity contribution in [2.75, 3.05) is 0 Å². The van der Waals surface area contributed by atoms with E-state index in [0.717, 1.165) is 0 Å². The van der Waals surface area contributed by atoms with Gasteiger partial charge in [-0.2, -0.15) is 0 Å². The largest absolute Gasteiger partial charge is 0.271 e. The lowest BCUT2D eigenvalue weighted by atomic mass is 10.0. The molecular weight excluding hydrogens is 325 g/mol. The maximum atomic E-state index is 13.9. The second-order valence-corrected chi connectivity index (χ2v) is 4.84. The van der Waals surface area contributed by atoms with Crippen LogP contribution in [0.25, 0.3) is 0 Å².